The Kier molecular flexibility index (Phi) is 3.50. The summed E-state index contributed by atoms with van der Waals surface area (Å²) in [6.07, 6.45) is -1.03. The van der Waals surface area contributed by atoms with Gasteiger partial charge in [0.25, 0.3) is 0 Å². The van der Waals surface area contributed by atoms with E-state index in [-0.39, 0.29) is 18.6 Å². The maximum atomic E-state index is 12.3. The fourth-order valence-corrected chi connectivity index (χ4v) is 2.21. The summed E-state index contributed by atoms with van der Waals surface area (Å²) in [5.41, 5.74) is 10.7. The van der Waals surface area contributed by atoms with E-state index in [4.69, 9.17) is 16.2 Å². The van der Waals surface area contributed by atoms with Crippen LogP contribution in [0, 0.1) is 5.92 Å². The highest BCUT2D eigenvalue weighted by molar-refractivity contribution is 6.03. The number of Topliss-reactive ketones (excluding diaryl/α,β-unsaturated/α-hetero) is 1. The molecule has 0 spiro atoms. The molecule has 0 unspecified atom stereocenters. The molecule has 0 saturated heterocycles. The number of fused-ring (bicyclic) bond motifs is 1. The molecule has 0 aromatic heterocycles. The molecule has 0 bridgehead atoms. The van der Waals surface area contributed by atoms with Crippen LogP contribution in [0.2, 0.25) is 0 Å². The van der Waals surface area contributed by atoms with Crippen molar-refractivity contribution in [3.05, 3.63) is 29.8 Å². The lowest BCUT2D eigenvalue weighted by Gasteiger charge is -2.31. The highest BCUT2D eigenvalue weighted by Crippen LogP contribution is 2.33. The van der Waals surface area contributed by atoms with Crippen LogP contribution in [0.3, 0.4) is 0 Å². The number of primary amides is 2. The van der Waals surface area contributed by atoms with E-state index in [9.17, 15) is 14.4 Å². The molecule has 1 aromatic rings. The van der Waals surface area contributed by atoms with Crippen LogP contribution in [0.4, 0.5) is 0 Å². The Morgan fingerprint density at radius 3 is 2.37 bits per heavy atom. The first-order valence-electron chi connectivity index (χ1n) is 5.85. The van der Waals surface area contributed by atoms with Gasteiger partial charge in [0.2, 0.25) is 11.8 Å². The van der Waals surface area contributed by atoms with Crippen LogP contribution in [-0.4, -0.2) is 23.7 Å². The molecule has 2 atom stereocenters. The van der Waals surface area contributed by atoms with Crippen LogP contribution in [0.15, 0.2) is 24.3 Å². The number of carbonyl (C=O) groups is 3. The number of carbonyl (C=O) groups excluding carboxylic acids is 3. The van der Waals surface area contributed by atoms with E-state index in [1.165, 1.54) is 0 Å². The maximum Gasteiger partial charge on any atom is 0.221 e. The van der Waals surface area contributed by atoms with Crippen molar-refractivity contribution in [1.82, 2.24) is 0 Å². The average molecular weight is 262 g/mol. The van der Waals surface area contributed by atoms with Crippen molar-refractivity contribution in [2.45, 2.75) is 18.9 Å². The summed E-state index contributed by atoms with van der Waals surface area (Å²) in [6, 6.07) is 6.69. The smallest absolute Gasteiger partial charge is 0.221 e. The van der Waals surface area contributed by atoms with Gasteiger partial charge in [-0.15, -0.1) is 0 Å². The Morgan fingerprint density at radius 1 is 1.11 bits per heavy atom. The summed E-state index contributed by atoms with van der Waals surface area (Å²) in [4.78, 5) is 34.4. The fourth-order valence-electron chi connectivity index (χ4n) is 2.21. The van der Waals surface area contributed by atoms with E-state index >= 15 is 0 Å². The molecule has 19 heavy (non-hydrogen) atoms. The standard InChI is InChI=1S/C13H14N2O4/c14-11(16)5-8-10(6-12(15)17)19-9-4-2-1-3-7(9)13(8)18/h1-4,8,10H,5-6H2,(H2,14,16)(H2,15,17)/t8-,10-/m1/s1. The fraction of sp³-hybridized carbons (Fsp3) is 0.308. The first-order valence-corrected chi connectivity index (χ1v) is 5.85. The van der Waals surface area contributed by atoms with Gasteiger partial charge in [-0.2, -0.15) is 0 Å². The monoisotopic (exact) mass is 262 g/mol. The van der Waals surface area contributed by atoms with Gasteiger partial charge in [0.1, 0.15) is 11.9 Å². The van der Waals surface area contributed by atoms with Gasteiger partial charge in [-0.3, -0.25) is 14.4 Å². The second-order valence-electron chi connectivity index (χ2n) is 4.46. The number of rotatable bonds is 4. The van der Waals surface area contributed by atoms with Crippen molar-refractivity contribution in [3.8, 4) is 5.75 Å². The minimum atomic E-state index is -0.764. The number of hydrogen-bond donors (Lipinski definition) is 2. The average Bonchev–Trinajstić information content (AvgIpc) is 2.33. The van der Waals surface area contributed by atoms with Crippen LogP contribution in [-0.2, 0) is 9.59 Å². The molecule has 1 aliphatic rings. The molecule has 6 nitrogen and oxygen atoms in total. The molecule has 6 heteroatoms. The van der Waals surface area contributed by atoms with Gasteiger partial charge < -0.3 is 16.2 Å². The number of benzene rings is 1. The molecule has 4 N–H and O–H groups in total. The van der Waals surface area contributed by atoms with Gasteiger partial charge in [0.05, 0.1) is 17.9 Å². The van der Waals surface area contributed by atoms with Gasteiger partial charge in [0.15, 0.2) is 5.78 Å². The molecule has 0 saturated carbocycles. The maximum absolute atomic E-state index is 12.3. The highest BCUT2D eigenvalue weighted by atomic mass is 16.5. The third kappa shape index (κ3) is 2.73. The van der Waals surface area contributed by atoms with Crippen LogP contribution in [0.5, 0.6) is 5.75 Å². The second kappa shape index (κ2) is 5.09. The quantitative estimate of drug-likeness (QED) is 0.794. The van der Waals surface area contributed by atoms with E-state index in [2.05, 4.69) is 0 Å². The Labute approximate surface area is 109 Å². The number of ketones is 1. The van der Waals surface area contributed by atoms with Crippen molar-refractivity contribution >= 4 is 17.6 Å². The predicted octanol–water partition coefficient (Wildman–Crippen LogP) is -0.00270. The summed E-state index contributed by atoms with van der Waals surface area (Å²) in [7, 11) is 0. The van der Waals surface area contributed by atoms with E-state index < -0.39 is 23.8 Å². The van der Waals surface area contributed by atoms with Crippen LogP contribution < -0.4 is 16.2 Å². The molecule has 0 fully saturated rings. The minimum absolute atomic E-state index is 0.127. The SMILES string of the molecule is NC(=O)C[C@H]1Oc2ccccc2C(=O)[C@@H]1CC(N)=O. The minimum Gasteiger partial charge on any atom is -0.488 e. The van der Waals surface area contributed by atoms with Gasteiger partial charge in [-0.05, 0) is 12.1 Å². The van der Waals surface area contributed by atoms with Crippen LogP contribution >= 0.6 is 0 Å². The largest absolute Gasteiger partial charge is 0.488 e. The lowest BCUT2D eigenvalue weighted by Crippen LogP contribution is -2.42. The number of amides is 2. The Morgan fingerprint density at radius 2 is 1.74 bits per heavy atom. The van der Waals surface area contributed by atoms with Gasteiger partial charge in [0, 0.05) is 6.42 Å². The number of ether oxygens (including phenoxy) is 1. The topological polar surface area (TPSA) is 112 Å². The zero-order chi connectivity index (χ0) is 14.0. The third-order valence-electron chi connectivity index (χ3n) is 3.04. The second-order valence-corrected chi connectivity index (χ2v) is 4.46. The number of nitrogens with two attached hydrogens (primary N) is 2. The van der Waals surface area contributed by atoms with Crippen molar-refractivity contribution < 1.29 is 19.1 Å². The molecule has 2 amide bonds. The first kappa shape index (κ1) is 13.1. The highest BCUT2D eigenvalue weighted by Gasteiger charge is 2.38. The van der Waals surface area contributed by atoms with E-state index in [0.717, 1.165) is 0 Å². The lowest BCUT2D eigenvalue weighted by atomic mass is 9.85. The normalized spacial score (nSPS) is 21.4. The molecule has 0 aliphatic carbocycles. The summed E-state index contributed by atoms with van der Waals surface area (Å²) >= 11 is 0. The van der Waals surface area contributed by atoms with E-state index in [1.54, 1.807) is 24.3 Å². The zero-order valence-corrected chi connectivity index (χ0v) is 10.2. The predicted molar refractivity (Wildman–Crippen MR) is 66.3 cm³/mol. The van der Waals surface area contributed by atoms with Crippen molar-refractivity contribution in [2.24, 2.45) is 17.4 Å². The molecular formula is C13H14N2O4. The molecule has 1 aliphatic heterocycles. The molecular weight excluding hydrogens is 248 g/mol. The molecule has 2 rings (SSSR count). The summed E-state index contributed by atoms with van der Waals surface area (Å²) in [6.45, 7) is 0. The Bertz CT molecular complexity index is 541. The number of hydrogen-bond acceptors (Lipinski definition) is 4. The summed E-state index contributed by atoms with van der Waals surface area (Å²) in [5, 5.41) is 0. The summed E-state index contributed by atoms with van der Waals surface area (Å²) < 4.78 is 5.60. The molecule has 0 radical (unpaired) electrons. The summed E-state index contributed by atoms with van der Waals surface area (Å²) in [5.74, 6) is -1.81. The van der Waals surface area contributed by atoms with E-state index in [1.807, 2.05) is 0 Å². The molecule has 1 aromatic carbocycles. The van der Waals surface area contributed by atoms with E-state index in [0.29, 0.717) is 11.3 Å². The van der Waals surface area contributed by atoms with Crippen molar-refractivity contribution in [1.29, 1.82) is 0 Å². The van der Waals surface area contributed by atoms with Crippen LogP contribution in [0.25, 0.3) is 0 Å². The lowest BCUT2D eigenvalue weighted by molar-refractivity contribution is -0.122. The van der Waals surface area contributed by atoms with Gasteiger partial charge in [-0.25, -0.2) is 0 Å². The van der Waals surface area contributed by atoms with Gasteiger partial charge >= 0.3 is 0 Å². The molecule has 1 heterocycles. The first-order chi connectivity index (χ1) is 8.99. The van der Waals surface area contributed by atoms with Crippen LogP contribution in [0.1, 0.15) is 23.2 Å². The number of para-hydroxylation sites is 1. The van der Waals surface area contributed by atoms with Crippen molar-refractivity contribution in [2.75, 3.05) is 0 Å². The Balaban J connectivity index is 2.35. The van der Waals surface area contributed by atoms with Gasteiger partial charge in [-0.1, -0.05) is 12.1 Å². The Hall–Kier alpha value is -2.37. The molecule has 100 valence electrons. The zero-order valence-electron chi connectivity index (χ0n) is 10.2. The van der Waals surface area contributed by atoms with Crippen molar-refractivity contribution in [3.63, 3.8) is 0 Å². The third-order valence-corrected chi connectivity index (χ3v) is 3.04.